The van der Waals surface area contributed by atoms with Crippen LogP contribution in [0.1, 0.15) is 71.0 Å². The van der Waals surface area contributed by atoms with Gasteiger partial charge in [-0.2, -0.15) is 0 Å². The van der Waals surface area contributed by atoms with Crippen LogP contribution in [0.15, 0.2) is 16.7 Å². The van der Waals surface area contributed by atoms with Gasteiger partial charge in [-0.25, -0.2) is 9.37 Å². The Bertz CT molecular complexity index is 1010. The Morgan fingerprint density at radius 3 is 2.61 bits per heavy atom. The first-order valence-electron chi connectivity index (χ1n) is 10.4. The van der Waals surface area contributed by atoms with Gasteiger partial charge in [0.1, 0.15) is 6.26 Å². The third kappa shape index (κ3) is 4.89. The molecule has 2 amide bonds. The number of nitrogens with one attached hydrogen (secondary N) is 1. The second-order valence-corrected chi connectivity index (χ2v) is 9.53. The van der Waals surface area contributed by atoms with Gasteiger partial charge < -0.3 is 14.5 Å². The van der Waals surface area contributed by atoms with Gasteiger partial charge in [0.15, 0.2) is 23.6 Å². The highest BCUT2D eigenvalue weighted by Gasteiger charge is 2.36. The van der Waals surface area contributed by atoms with Crippen LogP contribution in [0.5, 0.6) is 5.75 Å². The molecule has 2 heterocycles. The molecule has 0 fully saturated rings. The normalized spacial score (nSPS) is 16.4. The van der Waals surface area contributed by atoms with Crippen LogP contribution in [-0.2, 0) is 16.1 Å². The third-order valence-electron chi connectivity index (χ3n) is 4.94. The molecule has 2 aromatic rings. The van der Waals surface area contributed by atoms with E-state index in [4.69, 9.17) is 9.15 Å². The molecule has 3 rings (SSSR count). The number of carbonyl (C=O) groups is 2. The number of aryl methyl sites for hydroxylation is 1. The molecule has 1 aliphatic rings. The van der Waals surface area contributed by atoms with Gasteiger partial charge in [-0.3, -0.25) is 14.5 Å². The topological polar surface area (TPSA) is 84.7 Å². The predicted molar refractivity (Wildman–Crippen MR) is 116 cm³/mol. The summed E-state index contributed by atoms with van der Waals surface area (Å²) in [5.74, 6) is -0.650. The Balaban J connectivity index is 1.96. The number of nitrogens with zero attached hydrogens (tertiary/aromatic N) is 2. The Kier molecular flexibility index (Phi) is 6.11. The fourth-order valence-corrected chi connectivity index (χ4v) is 3.42. The highest BCUT2D eigenvalue weighted by molar-refractivity contribution is 6.01. The number of rotatable bonds is 5. The first-order valence-corrected chi connectivity index (χ1v) is 10.4. The molecule has 0 saturated heterocycles. The van der Waals surface area contributed by atoms with Crippen molar-refractivity contribution in [3.63, 3.8) is 0 Å². The second-order valence-electron chi connectivity index (χ2n) is 9.53. The van der Waals surface area contributed by atoms with Crippen LogP contribution in [-0.4, -0.2) is 22.9 Å². The number of ether oxygens (including phenoxy) is 1. The molecule has 1 aliphatic heterocycles. The van der Waals surface area contributed by atoms with E-state index in [1.807, 2.05) is 34.6 Å². The number of anilines is 2. The van der Waals surface area contributed by atoms with Crippen LogP contribution in [0, 0.1) is 18.2 Å². The van der Waals surface area contributed by atoms with Crippen LogP contribution in [0.3, 0.4) is 0 Å². The molecule has 1 aromatic carbocycles. The lowest BCUT2D eigenvalue weighted by Crippen LogP contribution is -2.44. The average Bonchev–Trinajstić information content (AvgIpc) is 3.11. The van der Waals surface area contributed by atoms with Crippen LogP contribution in [0.4, 0.5) is 15.8 Å². The fraction of sp³-hybridized carbons (Fsp3) is 0.522. The van der Waals surface area contributed by atoms with Crippen molar-refractivity contribution in [1.29, 1.82) is 0 Å². The van der Waals surface area contributed by atoms with Crippen molar-refractivity contribution in [3.05, 3.63) is 35.3 Å². The largest absolute Gasteiger partial charge is 0.476 e. The first kappa shape index (κ1) is 22.8. The molecule has 0 saturated carbocycles. The molecule has 0 aliphatic carbocycles. The monoisotopic (exact) mass is 431 g/mol. The lowest BCUT2D eigenvalue weighted by Gasteiger charge is -2.33. The molecule has 168 valence electrons. The van der Waals surface area contributed by atoms with E-state index in [-0.39, 0.29) is 47.5 Å². The summed E-state index contributed by atoms with van der Waals surface area (Å²) in [7, 11) is 0. The van der Waals surface area contributed by atoms with Gasteiger partial charge in [0, 0.05) is 12.3 Å². The van der Waals surface area contributed by atoms with Crippen LogP contribution >= 0.6 is 0 Å². The lowest BCUT2D eigenvalue weighted by molar-refractivity contribution is -0.125. The first-order chi connectivity index (χ1) is 14.4. The summed E-state index contributed by atoms with van der Waals surface area (Å²) in [6.45, 7) is 13.1. The van der Waals surface area contributed by atoms with Gasteiger partial charge in [0.25, 0.3) is 5.91 Å². The average molecular weight is 432 g/mol. The van der Waals surface area contributed by atoms with Gasteiger partial charge in [-0.1, -0.05) is 34.6 Å². The molecule has 1 unspecified atom stereocenters. The quantitative estimate of drug-likeness (QED) is 0.725. The van der Waals surface area contributed by atoms with E-state index in [1.165, 1.54) is 11.2 Å². The maximum Gasteiger partial charge on any atom is 0.268 e. The van der Waals surface area contributed by atoms with E-state index in [9.17, 15) is 9.59 Å². The number of aromatic nitrogens is 1. The molecule has 0 radical (unpaired) electrons. The summed E-state index contributed by atoms with van der Waals surface area (Å²) >= 11 is 0. The van der Waals surface area contributed by atoms with E-state index in [0.29, 0.717) is 22.8 Å². The number of hydrogen-bond donors (Lipinski definition) is 1. The number of fused-ring (bicyclic) bond motifs is 1. The van der Waals surface area contributed by atoms with Crippen molar-refractivity contribution in [2.45, 2.75) is 73.5 Å². The maximum atomic E-state index is 15.4. The second kappa shape index (κ2) is 8.32. The van der Waals surface area contributed by atoms with Crippen molar-refractivity contribution in [2.75, 3.05) is 10.2 Å². The minimum Gasteiger partial charge on any atom is -0.476 e. The van der Waals surface area contributed by atoms with Gasteiger partial charge in [0.2, 0.25) is 5.91 Å². The van der Waals surface area contributed by atoms with Gasteiger partial charge >= 0.3 is 0 Å². The zero-order valence-corrected chi connectivity index (χ0v) is 19.1. The Labute approximate surface area is 182 Å². The van der Waals surface area contributed by atoms with Crippen molar-refractivity contribution in [1.82, 2.24) is 4.98 Å². The number of carbonyl (C=O) groups excluding carboxylic acids is 2. The van der Waals surface area contributed by atoms with Crippen LogP contribution in [0.25, 0.3) is 0 Å². The summed E-state index contributed by atoms with van der Waals surface area (Å²) in [5, 5.41) is 2.67. The number of halogens is 1. The smallest absolute Gasteiger partial charge is 0.268 e. The van der Waals surface area contributed by atoms with Crippen LogP contribution in [0.2, 0.25) is 0 Å². The van der Waals surface area contributed by atoms with Gasteiger partial charge in [-0.05, 0) is 30.9 Å². The lowest BCUT2D eigenvalue weighted by atomic mass is 9.92. The standard InChI is InChI=1S/C23H30FN3O4/c1-12(2)21-25-15(11-30-21)10-27-16-8-13(3)19(26-17(28)9-23(5,6)7)18(24)20(16)31-14(4)22(27)29/h8,11-12,14H,9-10H2,1-7H3,(H,26,28). The predicted octanol–water partition coefficient (Wildman–Crippen LogP) is 4.93. The molecule has 31 heavy (non-hydrogen) atoms. The summed E-state index contributed by atoms with van der Waals surface area (Å²) < 4.78 is 26.5. The fourth-order valence-electron chi connectivity index (χ4n) is 3.42. The number of hydrogen-bond acceptors (Lipinski definition) is 5. The SMILES string of the molecule is Cc1cc2c(c(F)c1NC(=O)CC(C)(C)C)OC(C)C(=O)N2Cc1coc(C(C)C)n1. The summed E-state index contributed by atoms with van der Waals surface area (Å²) in [4.78, 5) is 31.1. The van der Waals surface area contributed by atoms with Gasteiger partial charge in [-0.15, -0.1) is 0 Å². The van der Waals surface area contributed by atoms with Crippen molar-refractivity contribution in [3.8, 4) is 5.75 Å². The highest BCUT2D eigenvalue weighted by Crippen LogP contribution is 2.42. The van der Waals surface area contributed by atoms with E-state index < -0.39 is 11.9 Å². The summed E-state index contributed by atoms with van der Waals surface area (Å²) in [5.41, 5.74) is 1.21. The Morgan fingerprint density at radius 2 is 2.03 bits per heavy atom. The van der Waals surface area contributed by atoms with Crippen LogP contribution < -0.4 is 15.0 Å². The van der Waals surface area contributed by atoms with E-state index in [0.717, 1.165) is 0 Å². The molecule has 0 spiro atoms. The Hall–Kier alpha value is -2.90. The molecule has 1 N–H and O–H groups in total. The molecule has 8 heteroatoms. The molecular weight excluding hydrogens is 401 g/mol. The molecular formula is C23H30FN3O4. The zero-order chi connectivity index (χ0) is 23.1. The third-order valence-corrected chi connectivity index (χ3v) is 4.94. The van der Waals surface area contributed by atoms with E-state index >= 15 is 4.39 Å². The molecule has 0 bridgehead atoms. The van der Waals surface area contributed by atoms with E-state index in [1.54, 1.807) is 19.9 Å². The summed E-state index contributed by atoms with van der Waals surface area (Å²) in [6, 6.07) is 1.65. The van der Waals surface area contributed by atoms with Gasteiger partial charge in [0.05, 0.1) is 23.6 Å². The number of oxazole rings is 1. The molecule has 7 nitrogen and oxygen atoms in total. The Morgan fingerprint density at radius 1 is 1.35 bits per heavy atom. The van der Waals surface area contributed by atoms with Crippen molar-refractivity contribution in [2.24, 2.45) is 5.41 Å². The highest BCUT2D eigenvalue weighted by atomic mass is 19.1. The number of amides is 2. The zero-order valence-electron chi connectivity index (χ0n) is 19.1. The minimum atomic E-state index is -0.876. The maximum absolute atomic E-state index is 15.4. The molecule has 1 aromatic heterocycles. The summed E-state index contributed by atoms with van der Waals surface area (Å²) in [6.07, 6.45) is 0.876. The minimum absolute atomic E-state index is 0.0589. The van der Waals surface area contributed by atoms with Crippen molar-refractivity contribution >= 4 is 23.2 Å². The van der Waals surface area contributed by atoms with Crippen molar-refractivity contribution < 1.29 is 23.1 Å². The molecule has 1 atom stereocenters. The number of benzene rings is 1. The van der Waals surface area contributed by atoms with E-state index in [2.05, 4.69) is 10.3 Å².